The Balaban J connectivity index is 1.48. The van der Waals surface area contributed by atoms with Gasteiger partial charge in [0.15, 0.2) is 9.84 Å². The molecule has 2 aromatic rings. The standard InChI is InChI=1S/C21H24N2O5S2/c24-20(19-4-2-11-29-19)22-16-7-5-15(6-8-16)21(25)23(13-18-3-1-10-28-18)17-9-12-30(26,27)14-17/h2,4-8,11,17-18H,1,3,9-10,12-14H2,(H,22,24)/t17-,18+/m0/s1. The molecule has 2 saturated heterocycles. The molecular formula is C21H24N2O5S2. The number of anilines is 1. The minimum absolute atomic E-state index is 0.000411. The number of rotatable bonds is 6. The fraction of sp³-hybridized carbons (Fsp3) is 0.429. The van der Waals surface area contributed by atoms with Crippen LogP contribution in [0.15, 0.2) is 41.8 Å². The minimum atomic E-state index is -3.11. The monoisotopic (exact) mass is 448 g/mol. The number of nitrogens with zero attached hydrogens (tertiary/aromatic N) is 1. The van der Waals surface area contributed by atoms with Crippen LogP contribution >= 0.6 is 11.3 Å². The first-order valence-electron chi connectivity index (χ1n) is 9.99. The van der Waals surface area contributed by atoms with E-state index < -0.39 is 9.84 Å². The van der Waals surface area contributed by atoms with Gasteiger partial charge in [0.05, 0.1) is 22.5 Å². The van der Waals surface area contributed by atoms with Gasteiger partial charge >= 0.3 is 0 Å². The summed E-state index contributed by atoms with van der Waals surface area (Å²) in [5.41, 5.74) is 1.06. The SMILES string of the molecule is O=C(Nc1ccc(C(=O)N(C[C@H]2CCCO2)[C@H]2CCS(=O)(=O)C2)cc1)c1cccs1. The van der Waals surface area contributed by atoms with Crippen LogP contribution in [0.1, 0.15) is 39.3 Å². The van der Waals surface area contributed by atoms with Crippen molar-refractivity contribution in [2.75, 3.05) is 30.0 Å². The highest BCUT2D eigenvalue weighted by Crippen LogP contribution is 2.24. The Hall–Kier alpha value is -2.23. The lowest BCUT2D eigenvalue weighted by molar-refractivity contribution is 0.0441. The van der Waals surface area contributed by atoms with Crippen LogP contribution in [-0.2, 0) is 14.6 Å². The van der Waals surface area contributed by atoms with Crippen molar-refractivity contribution >= 4 is 38.7 Å². The molecule has 1 aromatic heterocycles. The molecule has 160 valence electrons. The summed E-state index contributed by atoms with van der Waals surface area (Å²) in [7, 11) is -3.11. The molecule has 2 atom stereocenters. The quantitative estimate of drug-likeness (QED) is 0.734. The number of carbonyl (C=O) groups excluding carboxylic acids is 2. The third-order valence-corrected chi connectivity index (χ3v) is 8.09. The van der Waals surface area contributed by atoms with Gasteiger partial charge in [0, 0.05) is 30.4 Å². The Bertz CT molecular complexity index is 997. The summed E-state index contributed by atoms with van der Waals surface area (Å²) in [4.78, 5) is 27.7. The van der Waals surface area contributed by atoms with Crippen LogP contribution < -0.4 is 5.32 Å². The summed E-state index contributed by atoms with van der Waals surface area (Å²) >= 11 is 1.36. The summed E-state index contributed by atoms with van der Waals surface area (Å²) in [6.07, 6.45) is 2.22. The first-order valence-corrected chi connectivity index (χ1v) is 12.7. The van der Waals surface area contributed by atoms with E-state index in [2.05, 4.69) is 5.32 Å². The summed E-state index contributed by atoms with van der Waals surface area (Å²) in [5.74, 6) is -0.287. The molecule has 2 amide bonds. The van der Waals surface area contributed by atoms with Crippen LogP contribution in [-0.4, -0.2) is 61.9 Å². The largest absolute Gasteiger partial charge is 0.376 e. The molecule has 4 rings (SSSR count). The van der Waals surface area contributed by atoms with Crippen LogP contribution in [0.4, 0.5) is 5.69 Å². The number of amides is 2. The topological polar surface area (TPSA) is 92.8 Å². The lowest BCUT2D eigenvalue weighted by Crippen LogP contribution is -2.45. The fourth-order valence-corrected chi connectivity index (χ4v) is 6.24. The van der Waals surface area contributed by atoms with Crippen molar-refractivity contribution in [3.8, 4) is 0 Å². The van der Waals surface area contributed by atoms with E-state index in [0.29, 0.717) is 35.7 Å². The molecule has 0 unspecified atom stereocenters. The van der Waals surface area contributed by atoms with Crippen molar-refractivity contribution in [1.82, 2.24) is 4.90 Å². The summed E-state index contributed by atoms with van der Waals surface area (Å²) in [5, 5.41) is 4.65. The van der Waals surface area contributed by atoms with E-state index in [-0.39, 0.29) is 35.5 Å². The highest BCUT2D eigenvalue weighted by Gasteiger charge is 2.36. The van der Waals surface area contributed by atoms with E-state index in [1.165, 1.54) is 11.3 Å². The van der Waals surface area contributed by atoms with Crippen LogP contribution in [0.5, 0.6) is 0 Å². The van der Waals surface area contributed by atoms with Gasteiger partial charge < -0.3 is 15.0 Å². The predicted octanol–water partition coefficient (Wildman–Crippen LogP) is 2.81. The molecule has 2 fully saturated rings. The second-order valence-corrected chi connectivity index (χ2v) is 10.8. The van der Waals surface area contributed by atoms with Crippen LogP contribution in [0.2, 0.25) is 0 Å². The smallest absolute Gasteiger partial charge is 0.265 e. The Labute approximate surface area is 180 Å². The molecule has 1 N–H and O–H groups in total. The molecule has 0 saturated carbocycles. The first-order chi connectivity index (χ1) is 14.4. The van der Waals surface area contributed by atoms with E-state index in [1.54, 1.807) is 35.2 Å². The van der Waals surface area contributed by atoms with E-state index in [4.69, 9.17) is 4.74 Å². The molecule has 7 nitrogen and oxygen atoms in total. The zero-order valence-corrected chi connectivity index (χ0v) is 18.1. The highest BCUT2D eigenvalue weighted by molar-refractivity contribution is 7.91. The number of carbonyl (C=O) groups is 2. The summed E-state index contributed by atoms with van der Waals surface area (Å²) < 4.78 is 29.6. The summed E-state index contributed by atoms with van der Waals surface area (Å²) in [6, 6.07) is 9.94. The fourth-order valence-electron chi connectivity index (χ4n) is 3.89. The zero-order valence-electron chi connectivity index (χ0n) is 16.5. The average Bonchev–Trinajstić information content (AvgIpc) is 3.48. The molecule has 9 heteroatoms. The second-order valence-electron chi connectivity index (χ2n) is 7.66. The molecule has 0 spiro atoms. The highest BCUT2D eigenvalue weighted by atomic mass is 32.2. The molecule has 1 aromatic carbocycles. The van der Waals surface area contributed by atoms with Gasteiger partial charge in [0.2, 0.25) is 0 Å². The van der Waals surface area contributed by atoms with Gasteiger partial charge in [-0.05, 0) is 55.0 Å². The van der Waals surface area contributed by atoms with Crippen molar-refractivity contribution < 1.29 is 22.7 Å². The third-order valence-electron chi connectivity index (χ3n) is 5.47. The number of sulfone groups is 1. The molecule has 0 radical (unpaired) electrons. The maximum Gasteiger partial charge on any atom is 0.265 e. The predicted molar refractivity (Wildman–Crippen MR) is 116 cm³/mol. The lowest BCUT2D eigenvalue weighted by atomic mass is 10.1. The van der Waals surface area contributed by atoms with E-state index in [1.807, 2.05) is 11.4 Å². The Morgan fingerprint density at radius 3 is 2.57 bits per heavy atom. The number of ether oxygens (including phenoxy) is 1. The van der Waals surface area contributed by atoms with E-state index in [0.717, 1.165) is 12.8 Å². The van der Waals surface area contributed by atoms with Crippen molar-refractivity contribution in [2.24, 2.45) is 0 Å². The Morgan fingerprint density at radius 1 is 1.17 bits per heavy atom. The summed E-state index contributed by atoms with van der Waals surface area (Å²) in [6.45, 7) is 1.07. The molecule has 30 heavy (non-hydrogen) atoms. The molecule has 0 aliphatic carbocycles. The van der Waals surface area contributed by atoms with E-state index in [9.17, 15) is 18.0 Å². The number of thiophene rings is 1. The zero-order chi connectivity index (χ0) is 21.1. The van der Waals surface area contributed by atoms with E-state index >= 15 is 0 Å². The maximum atomic E-state index is 13.2. The molecular weight excluding hydrogens is 424 g/mol. The molecule has 3 heterocycles. The average molecular weight is 449 g/mol. The van der Waals surface area contributed by atoms with Crippen molar-refractivity contribution in [2.45, 2.75) is 31.4 Å². The Morgan fingerprint density at radius 2 is 1.97 bits per heavy atom. The lowest BCUT2D eigenvalue weighted by Gasteiger charge is -2.30. The van der Waals surface area contributed by atoms with Crippen LogP contribution in [0.25, 0.3) is 0 Å². The number of hydrogen-bond donors (Lipinski definition) is 1. The number of hydrogen-bond acceptors (Lipinski definition) is 6. The van der Waals surface area contributed by atoms with Gasteiger partial charge in [-0.25, -0.2) is 8.42 Å². The van der Waals surface area contributed by atoms with Crippen LogP contribution in [0.3, 0.4) is 0 Å². The molecule has 2 aliphatic heterocycles. The van der Waals surface area contributed by atoms with Gasteiger partial charge in [-0.3, -0.25) is 9.59 Å². The van der Waals surface area contributed by atoms with Crippen molar-refractivity contribution in [1.29, 1.82) is 0 Å². The maximum absolute atomic E-state index is 13.2. The molecule has 0 bridgehead atoms. The number of benzene rings is 1. The van der Waals surface area contributed by atoms with Gasteiger partial charge in [0.25, 0.3) is 11.8 Å². The normalized spacial score (nSPS) is 22.7. The Kier molecular flexibility index (Phi) is 6.21. The van der Waals surface area contributed by atoms with Crippen molar-refractivity contribution in [3.63, 3.8) is 0 Å². The molecule has 2 aliphatic rings. The van der Waals surface area contributed by atoms with Gasteiger partial charge in [0.1, 0.15) is 0 Å². The van der Waals surface area contributed by atoms with Crippen molar-refractivity contribution in [3.05, 3.63) is 52.2 Å². The second kappa shape index (κ2) is 8.87. The number of nitrogens with one attached hydrogen (secondary N) is 1. The first kappa shape index (κ1) is 21.0. The minimum Gasteiger partial charge on any atom is -0.376 e. The van der Waals surface area contributed by atoms with Gasteiger partial charge in [-0.15, -0.1) is 11.3 Å². The van der Waals surface area contributed by atoms with Gasteiger partial charge in [-0.1, -0.05) is 6.07 Å². The van der Waals surface area contributed by atoms with Crippen LogP contribution in [0, 0.1) is 0 Å². The third kappa shape index (κ3) is 4.91. The van der Waals surface area contributed by atoms with Gasteiger partial charge in [-0.2, -0.15) is 0 Å².